The fraction of sp³-hybridized carbons (Fsp3) is 0.211. The first-order chi connectivity index (χ1) is 12.5. The molecule has 1 fully saturated rings. The lowest BCUT2D eigenvalue weighted by molar-refractivity contribution is 0.0646. The van der Waals surface area contributed by atoms with Crippen LogP contribution in [0.4, 0.5) is 5.69 Å². The minimum Gasteiger partial charge on any atom is -0.508 e. The summed E-state index contributed by atoms with van der Waals surface area (Å²) in [4.78, 5) is 27.0. The Kier molecular flexibility index (Phi) is 3.84. The summed E-state index contributed by atoms with van der Waals surface area (Å²) in [6.07, 6.45) is 2.62. The summed E-state index contributed by atoms with van der Waals surface area (Å²) in [5, 5.41) is 18.1. The van der Waals surface area contributed by atoms with Crippen LogP contribution in [-0.2, 0) is 7.05 Å². The van der Waals surface area contributed by atoms with E-state index in [0.717, 1.165) is 30.3 Å². The van der Waals surface area contributed by atoms with E-state index in [9.17, 15) is 14.7 Å². The Morgan fingerprint density at radius 3 is 2.73 bits per heavy atom. The number of carbonyl (C=O) groups excluding carboxylic acids is 2. The van der Waals surface area contributed by atoms with Crippen LogP contribution in [0, 0.1) is 0 Å². The summed E-state index contributed by atoms with van der Waals surface area (Å²) in [6.45, 7) is 1.44. The number of amides is 2. The molecule has 2 heterocycles. The fourth-order valence-corrected chi connectivity index (χ4v) is 3.07. The van der Waals surface area contributed by atoms with E-state index in [1.807, 2.05) is 6.07 Å². The molecule has 1 aliphatic rings. The predicted octanol–water partition coefficient (Wildman–Crippen LogP) is 2.38. The lowest BCUT2D eigenvalue weighted by Gasteiger charge is -2.30. The number of benzene rings is 2. The van der Waals surface area contributed by atoms with Gasteiger partial charge in [0.2, 0.25) is 0 Å². The molecule has 3 aromatic rings. The van der Waals surface area contributed by atoms with Gasteiger partial charge < -0.3 is 15.3 Å². The second kappa shape index (κ2) is 6.18. The topological polar surface area (TPSA) is 87.5 Å². The molecule has 0 atom stereocenters. The monoisotopic (exact) mass is 350 g/mol. The van der Waals surface area contributed by atoms with Gasteiger partial charge in [-0.15, -0.1) is 0 Å². The van der Waals surface area contributed by atoms with Gasteiger partial charge in [-0.3, -0.25) is 14.3 Å². The van der Waals surface area contributed by atoms with Gasteiger partial charge in [0.25, 0.3) is 11.8 Å². The standard InChI is InChI=1S/C19H18N4O3/c1-22-11-16(17(21-22)19(26)23-8-3-9-23)20-18(25)15-5-2-4-12-10-13(24)6-7-14(12)15/h2,4-7,10-11,24H,3,8-9H2,1H3,(H,20,25). The second-order valence-corrected chi connectivity index (χ2v) is 6.38. The number of anilines is 1. The van der Waals surface area contributed by atoms with Crippen LogP contribution in [0.1, 0.15) is 27.3 Å². The zero-order valence-electron chi connectivity index (χ0n) is 14.3. The number of nitrogens with zero attached hydrogens (tertiary/aromatic N) is 3. The van der Waals surface area contributed by atoms with Gasteiger partial charge in [-0.05, 0) is 41.5 Å². The van der Waals surface area contributed by atoms with Crippen molar-refractivity contribution in [1.82, 2.24) is 14.7 Å². The number of aryl methyl sites for hydroxylation is 1. The largest absolute Gasteiger partial charge is 0.508 e. The first-order valence-corrected chi connectivity index (χ1v) is 8.39. The number of rotatable bonds is 3. The Hall–Kier alpha value is -3.35. The van der Waals surface area contributed by atoms with Gasteiger partial charge in [0.05, 0.1) is 5.69 Å². The predicted molar refractivity (Wildman–Crippen MR) is 97.3 cm³/mol. The fourth-order valence-electron chi connectivity index (χ4n) is 3.07. The number of phenolic OH excluding ortho intramolecular Hbond substituents is 1. The number of hydrogen-bond donors (Lipinski definition) is 2. The van der Waals surface area contributed by atoms with Gasteiger partial charge in [-0.2, -0.15) is 5.10 Å². The van der Waals surface area contributed by atoms with Crippen molar-refractivity contribution >= 4 is 28.3 Å². The number of aromatic hydroxyl groups is 1. The maximum absolute atomic E-state index is 12.8. The van der Waals surface area contributed by atoms with Crippen molar-refractivity contribution < 1.29 is 14.7 Å². The smallest absolute Gasteiger partial charge is 0.276 e. The molecule has 132 valence electrons. The number of hydrogen-bond acceptors (Lipinski definition) is 4. The van der Waals surface area contributed by atoms with Gasteiger partial charge in [0.15, 0.2) is 5.69 Å². The minimum atomic E-state index is -0.327. The van der Waals surface area contributed by atoms with E-state index in [1.165, 1.54) is 4.68 Å². The minimum absolute atomic E-state index is 0.143. The van der Waals surface area contributed by atoms with Gasteiger partial charge >= 0.3 is 0 Å². The molecule has 2 amide bonds. The van der Waals surface area contributed by atoms with Crippen LogP contribution < -0.4 is 5.32 Å². The van der Waals surface area contributed by atoms with Crippen LogP contribution in [0.3, 0.4) is 0 Å². The van der Waals surface area contributed by atoms with Crippen LogP contribution >= 0.6 is 0 Å². The molecule has 0 spiro atoms. The second-order valence-electron chi connectivity index (χ2n) is 6.38. The molecule has 7 heteroatoms. The zero-order valence-corrected chi connectivity index (χ0v) is 14.3. The van der Waals surface area contributed by atoms with Crippen LogP contribution in [-0.4, -0.2) is 44.7 Å². The number of aromatic nitrogens is 2. The van der Waals surface area contributed by atoms with E-state index < -0.39 is 0 Å². The number of nitrogens with one attached hydrogen (secondary N) is 1. The normalized spacial score (nSPS) is 13.5. The molecule has 2 N–H and O–H groups in total. The van der Waals surface area contributed by atoms with Crippen molar-refractivity contribution in [2.24, 2.45) is 7.05 Å². The maximum atomic E-state index is 12.8. The molecular formula is C19H18N4O3. The summed E-state index contributed by atoms with van der Waals surface area (Å²) in [5.41, 5.74) is 1.11. The van der Waals surface area contributed by atoms with Crippen LogP contribution in [0.2, 0.25) is 0 Å². The average molecular weight is 350 g/mol. The molecule has 1 aromatic heterocycles. The third-order valence-electron chi connectivity index (χ3n) is 4.53. The van der Waals surface area contributed by atoms with E-state index in [4.69, 9.17) is 0 Å². The highest BCUT2D eigenvalue weighted by atomic mass is 16.3. The van der Waals surface area contributed by atoms with Crippen molar-refractivity contribution in [2.75, 3.05) is 18.4 Å². The van der Waals surface area contributed by atoms with E-state index in [1.54, 1.807) is 48.5 Å². The average Bonchev–Trinajstić information content (AvgIpc) is 2.92. The van der Waals surface area contributed by atoms with Crippen LogP contribution in [0.25, 0.3) is 10.8 Å². The van der Waals surface area contributed by atoms with E-state index in [-0.39, 0.29) is 23.3 Å². The highest BCUT2D eigenvalue weighted by Crippen LogP contribution is 2.25. The summed E-state index contributed by atoms with van der Waals surface area (Å²) in [5.74, 6) is -0.355. The van der Waals surface area contributed by atoms with Gasteiger partial charge in [0, 0.05) is 31.9 Å². The van der Waals surface area contributed by atoms with Crippen molar-refractivity contribution in [3.63, 3.8) is 0 Å². The molecule has 2 aromatic carbocycles. The molecule has 0 radical (unpaired) electrons. The Labute approximate surface area is 149 Å². The highest BCUT2D eigenvalue weighted by Gasteiger charge is 2.27. The summed E-state index contributed by atoms with van der Waals surface area (Å²) in [7, 11) is 1.71. The molecule has 1 aliphatic heterocycles. The molecule has 7 nitrogen and oxygen atoms in total. The van der Waals surface area contributed by atoms with Crippen molar-refractivity contribution in [2.45, 2.75) is 6.42 Å². The molecule has 0 aliphatic carbocycles. The first kappa shape index (κ1) is 16.1. The summed E-state index contributed by atoms with van der Waals surface area (Å²) < 4.78 is 1.52. The van der Waals surface area contributed by atoms with Gasteiger partial charge in [0.1, 0.15) is 5.75 Å². The quantitative estimate of drug-likeness (QED) is 0.759. The Morgan fingerprint density at radius 1 is 1.19 bits per heavy atom. The Morgan fingerprint density at radius 2 is 2.00 bits per heavy atom. The SMILES string of the molecule is Cn1cc(NC(=O)c2cccc3cc(O)ccc23)c(C(=O)N2CCC2)n1. The summed E-state index contributed by atoms with van der Waals surface area (Å²) >= 11 is 0. The van der Waals surface area contributed by atoms with E-state index in [0.29, 0.717) is 11.3 Å². The van der Waals surface area contributed by atoms with Crippen LogP contribution in [0.15, 0.2) is 42.6 Å². The molecular weight excluding hydrogens is 332 g/mol. The molecule has 0 unspecified atom stereocenters. The molecule has 26 heavy (non-hydrogen) atoms. The molecule has 4 rings (SSSR count). The Balaban J connectivity index is 1.66. The third kappa shape index (κ3) is 2.77. The Bertz CT molecular complexity index is 1020. The zero-order chi connectivity index (χ0) is 18.3. The maximum Gasteiger partial charge on any atom is 0.276 e. The summed E-state index contributed by atoms with van der Waals surface area (Å²) in [6, 6.07) is 10.1. The van der Waals surface area contributed by atoms with Gasteiger partial charge in [-0.25, -0.2) is 0 Å². The third-order valence-corrected chi connectivity index (χ3v) is 4.53. The van der Waals surface area contributed by atoms with Crippen molar-refractivity contribution in [3.8, 4) is 5.75 Å². The van der Waals surface area contributed by atoms with E-state index >= 15 is 0 Å². The number of phenols is 1. The van der Waals surface area contributed by atoms with Crippen molar-refractivity contribution in [1.29, 1.82) is 0 Å². The molecule has 1 saturated heterocycles. The number of fused-ring (bicyclic) bond motifs is 1. The van der Waals surface area contributed by atoms with E-state index in [2.05, 4.69) is 10.4 Å². The van der Waals surface area contributed by atoms with Crippen LogP contribution in [0.5, 0.6) is 5.75 Å². The van der Waals surface area contributed by atoms with Crippen molar-refractivity contribution in [3.05, 3.63) is 53.9 Å². The number of likely N-dealkylation sites (tertiary alicyclic amines) is 1. The molecule has 0 saturated carbocycles. The molecule has 0 bridgehead atoms. The highest BCUT2D eigenvalue weighted by molar-refractivity contribution is 6.14. The number of carbonyl (C=O) groups is 2. The lowest BCUT2D eigenvalue weighted by Crippen LogP contribution is -2.42. The lowest BCUT2D eigenvalue weighted by atomic mass is 10.0. The first-order valence-electron chi connectivity index (χ1n) is 8.39. The van der Waals surface area contributed by atoms with Gasteiger partial charge in [-0.1, -0.05) is 12.1 Å².